The van der Waals surface area contributed by atoms with Gasteiger partial charge >= 0.3 is 6.18 Å². The van der Waals surface area contributed by atoms with Gasteiger partial charge in [-0.25, -0.2) is 0 Å². The van der Waals surface area contributed by atoms with Crippen LogP contribution in [0.15, 0.2) is 51.8 Å². The maximum absolute atomic E-state index is 12.6. The molecule has 0 fully saturated rings. The number of rotatable bonds is 1. The SMILES string of the molecule is FC(F)(F)c1cccc(NC2=N[NH+]3C=CN=CC3=N2)c1.[Cl-]. The van der Waals surface area contributed by atoms with E-state index in [0.29, 0.717) is 10.8 Å². The van der Waals surface area contributed by atoms with Crippen LogP contribution < -0.4 is 22.7 Å². The van der Waals surface area contributed by atoms with E-state index >= 15 is 0 Å². The number of halogens is 4. The Hall–Kier alpha value is -2.19. The highest BCUT2D eigenvalue weighted by molar-refractivity contribution is 6.29. The van der Waals surface area contributed by atoms with Crippen LogP contribution in [0.1, 0.15) is 5.56 Å². The van der Waals surface area contributed by atoms with Crippen molar-refractivity contribution in [3.8, 4) is 0 Å². The molecule has 0 aliphatic carbocycles. The molecule has 1 atom stereocenters. The van der Waals surface area contributed by atoms with E-state index in [-0.39, 0.29) is 24.1 Å². The molecule has 9 heteroatoms. The summed E-state index contributed by atoms with van der Waals surface area (Å²) in [6.07, 6.45) is 0.420. The van der Waals surface area contributed by atoms with Gasteiger partial charge in [0.05, 0.1) is 11.8 Å². The van der Waals surface area contributed by atoms with Crippen LogP contribution >= 0.6 is 0 Å². The molecule has 21 heavy (non-hydrogen) atoms. The molecule has 0 spiro atoms. The smallest absolute Gasteiger partial charge is 0.416 e. The number of alkyl halides is 3. The quantitative estimate of drug-likeness (QED) is 0.634. The third-order valence-corrected chi connectivity index (χ3v) is 2.68. The van der Waals surface area contributed by atoms with Crippen LogP contribution in [-0.4, -0.2) is 18.0 Å². The Morgan fingerprint density at radius 1 is 1.19 bits per heavy atom. The summed E-state index contributed by atoms with van der Waals surface area (Å²) in [7, 11) is 0. The van der Waals surface area contributed by atoms with E-state index in [4.69, 9.17) is 0 Å². The van der Waals surface area contributed by atoms with E-state index in [9.17, 15) is 13.2 Å². The largest absolute Gasteiger partial charge is 1.00 e. The Kier molecular flexibility index (Phi) is 4.10. The van der Waals surface area contributed by atoms with Crippen LogP contribution in [0, 0.1) is 0 Å². The fourth-order valence-electron chi connectivity index (χ4n) is 1.77. The van der Waals surface area contributed by atoms with Gasteiger partial charge in [0.1, 0.15) is 12.4 Å². The lowest BCUT2D eigenvalue weighted by Gasteiger charge is -2.08. The lowest BCUT2D eigenvalue weighted by Crippen LogP contribution is -3.05. The van der Waals surface area contributed by atoms with Crippen molar-refractivity contribution >= 4 is 23.7 Å². The van der Waals surface area contributed by atoms with Crippen LogP contribution in [0.4, 0.5) is 18.9 Å². The van der Waals surface area contributed by atoms with Gasteiger partial charge in [0.25, 0.3) is 11.8 Å². The van der Waals surface area contributed by atoms with Crippen LogP contribution in [0.2, 0.25) is 0 Å². The minimum absolute atomic E-state index is 0. The molecule has 2 aliphatic heterocycles. The zero-order chi connectivity index (χ0) is 14.2. The van der Waals surface area contributed by atoms with E-state index < -0.39 is 11.7 Å². The zero-order valence-electron chi connectivity index (χ0n) is 10.4. The molecule has 2 aliphatic rings. The van der Waals surface area contributed by atoms with Crippen molar-refractivity contribution < 1.29 is 30.6 Å². The Morgan fingerprint density at radius 2 is 2.00 bits per heavy atom. The number of nitrogens with zero attached hydrogens (tertiary/aromatic N) is 3. The molecule has 0 amide bonds. The molecule has 1 aromatic carbocycles. The van der Waals surface area contributed by atoms with Crippen molar-refractivity contribution in [2.45, 2.75) is 6.18 Å². The highest BCUT2D eigenvalue weighted by atomic mass is 35.5. The zero-order valence-corrected chi connectivity index (χ0v) is 11.2. The molecule has 0 bridgehead atoms. The maximum atomic E-state index is 12.6. The highest BCUT2D eigenvalue weighted by Gasteiger charge is 2.31. The number of guanidine groups is 1. The average Bonchev–Trinajstić information content (AvgIpc) is 2.80. The van der Waals surface area contributed by atoms with Crippen molar-refractivity contribution in [1.29, 1.82) is 0 Å². The number of quaternary nitrogens is 1. The minimum atomic E-state index is -4.38. The predicted molar refractivity (Wildman–Crippen MR) is 68.5 cm³/mol. The van der Waals surface area contributed by atoms with Crippen molar-refractivity contribution in [2.24, 2.45) is 15.1 Å². The summed E-state index contributed by atoms with van der Waals surface area (Å²) in [5.74, 6) is 0.828. The number of nitrogens with one attached hydrogen (secondary N) is 2. The van der Waals surface area contributed by atoms with Crippen LogP contribution in [-0.2, 0) is 6.18 Å². The van der Waals surface area contributed by atoms with Gasteiger partial charge in [-0.2, -0.15) is 18.2 Å². The van der Waals surface area contributed by atoms with Gasteiger partial charge in [0.15, 0.2) is 0 Å². The standard InChI is InChI=1S/C12H8F3N5.ClH/c13-12(14,15)8-2-1-3-9(6-8)17-11-18-10-7-16-4-5-20(10)19-11;/h1-7H,(H,17,19);1H. The Bertz CT molecular complexity index is 663. The first-order valence-electron chi connectivity index (χ1n) is 5.71. The molecule has 5 nitrogen and oxygen atoms in total. The number of benzene rings is 1. The van der Waals surface area contributed by atoms with E-state index in [0.717, 1.165) is 12.1 Å². The molecule has 3 rings (SSSR count). The fraction of sp³-hybridized carbons (Fsp3) is 0.0833. The Labute approximate surface area is 124 Å². The first-order valence-corrected chi connectivity index (χ1v) is 5.71. The first-order chi connectivity index (χ1) is 9.52. The second-order valence-electron chi connectivity index (χ2n) is 4.12. The summed E-state index contributed by atoms with van der Waals surface area (Å²) in [5, 5.41) is 7.55. The topological polar surface area (TPSA) is 53.5 Å². The number of fused-ring (bicyclic) bond motifs is 1. The summed E-state index contributed by atoms with van der Waals surface area (Å²) >= 11 is 0. The lowest BCUT2D eigenvalue weighted by atomic mass is 10.2. The predicted octanol–water partition coefficient (Wildman–Crippen LogP) is -1.76. The van der Waals surface area contributed by atoms with E-state index in [1.807, 2.05) is 0 Å². The summed E-state index contributed by atoms with van der Waals surface area (Å²) < 4.78 is 37.8. The van der Waals surface area contributed by atoms with Crippen LogP contribution in [0.3, 0.4) is 0 Å². The number of anilines is 1. The van der Waals surface area contributed by atoms with Gasteiger partial charge in [0.2, 0.25) is 0 Å². The molecule has 2 N–H and O–H groups in total. The summed E-state index contributed by atoms with van der Waals surface area (Å²) in [6.45, 7) is 0. The van der Waals surface area contributed by atoms with Crippen molar-refractivity contribution in [2.75, 3.05) is 5.32 Å². The fourth-order valence-corrected chi connectivity index (χ4v) is 1.77. The van der Waals surface area contributed by atoms with E-state index in [2.05, 4.69) is 20.4 Å². The Balaban J connectivity index is 0.00000161. The molecule has 0 saturated heterocycles. The van der Waals surface area contributed by atoms with Crippen molar-refractivity contribution in [1.82, 2.24) is 0 Å². The average molecular weight is 316 g/mol. The third-order valence-electron chi connectivity index (χ3n) is 2.68. The molecule has 1 unspecified atom stereocenters. The monoisotopic (exact) mass is 315 g/mol. The normalized spacial score (nSPS) is 19.5. The van der Waals surface area contributed by atoms with Crippen LogP contribution in [0.5, 0.6) is 0 Å². The number of aliphatic imine (C=N–C) groups is 2. The van der Waals surface area contributed by atoms with Gasteiger partial charge < -0.3 is 17.7 Å². The number of amidine groups is 1. The molecule has 2 heterocycles. The molecular formula is C12H9ClF3N5. The molecule has 1 aromatic rings. The second kappa shape index (κ2) is 5.66. The van der Waals surface area contributed by atoms with Gasteiger partial charge in [-0.1, -0.05) is 6.07 Å². The van der Waals surface area contributed by atoms with Gasteiger partial charge in [-0.3, -0.25) is 4.99 Å². The number of hydrogen-bond donors (Lipinski definition) is 2. The second-order valence-corrected chi connectivity index (χ2v) is 4.12. The molecule has 0 aromatic heterocycles. The minimum Gasteiger partial charge on any atom is -1.00 e. The Morgan fingerprint density at radius 3 is 2.71 bits per heavy atom. The molecule has 110 valence electrons. The molecule has 0 saturated carbocycles. The maximum Gasteiger partial charge on any atom is 0.416 e. The van der Waals surface area contributed by atoms with Gasteiger partial charge in [-0.05, 0) is 23.3 Å². The summed E-state index contributed by atoms with van der Waals surface area (Å²) in [4.78, 5) is 8.03. The van der Waals surface area contributed by atoms with E-state index in [1.54, 1.807) is 18.6 Å². The van der Waals surface area contributed by atoms with Crippen LogP contribution in [0.25, 0.3) is 0 Å². The van der Waals surface area contributed by atoms with Gasteiger partial charge in [0, 0.05) is 5.69 Å². The van der Waals surface area contributed by atoms with E-state index in [1.165, 1.54) is 12.1 Å². The van der Waals surface area contributed by atoms with Gasteiger partial charge in [-0.15, -0.1) is 5.01 Å². The van der Waals surface area contributed by atoms with Crippen molar-refractivity contribution in [3.05, 3.63) is 42.2 Å². The summed E-state index contributed by atoms with van der Waals surface area (Å²) in [6, 6.07) is 4.88. The summed E-state index contributed by atoms with van der Waals surface area (Å²) in [5.41, 5.74) is -0.441. The lowest BCUT2D eigenvalue weighted by molar-refractivity contribution is -0.748. The van der Waals surface area contributed by atoms with Crippen molar-refractivity contribution in [3.63, 3.8) is 0 Å². The first kappa shape index (κ1) is 15.2. The molecular weight excluding hydrogens is 307 g/mol. The highest BCUT2D eigenvalue weighted by Crippen LogP contribution is 2.30. The third kappa shape index (κ3) is 3.29. The molecule has 0 radical (unpaired) electrons. The number of hydrogen-bond acceptors (Lipinski definition) is 4.